The Bertz CT molecular complexity index is 352. The van der Waals surface area contributed by atoms with Gasteiger partial charge in [-0.25, -0.2) is 9.78 Å². The van der Waals surface area contributed by atoms with Crippen molar-refractivity contribution in [3.05, 3.63) is 5.82 Å². The number of carbonyl (C=O) groups is 1. The molecule has 0 radical (unpaired) electrons. The number of anilines is 1. The van der Waals surface area contributed by atoms with Crippen molar-refractivity contribution >= 4 is 22.6 Å². The highest BCUT2D eigenvalue weighted by Gasteiger charge is 2.22. The fourth-order valence-electron chi connectivity index (χ4n) is 1.28. The Labute approximate surface area is 99.1 Å². The Morgan fingerprint density at radius 3 is 2.75 bits per heavy atom. The maximum atomic E-state index is 11.0. The van der Waals surface area contributed by atoms with Gasteiger partial charge in [0.05, 0.1) is 0 Å². The molecular formula is C10H17N3O2S. The number of carboxylic acids is 1. The highest BCUT2D eigenvalue weighted by Crippen LogP contribution is 2.16. The summed E-state index contributed by atoms with van der Waals surface area (Å²) in [6.45, 7) is 5.78. The lowest BCUT2D eigenvalue weighted by Gasteiger charge is -2.16. The lowest BCUT2D eigenvalue weighted by Crippen LogP contribution is -2.34. The molecule has 0 aliphatic heterocycles. The third-order valence-corrected chi connectivity index (χ3v) is 2.84. The molecule has 0 saturated heterocycles. The van der Waals surface area contributed by atoms with Crippen LogP contribution < -0.4 is 5.32 Å². The van der Waals surface area contributed by atoms with Crippen LogP contribution in [0, 0.1) is 5.92 Å². The van der Waals surface area contributed by atoms with Gasteiger partial charge in [0.25, 0.3) is 0 Å². The highest BCUT2D eigenvalue weighted by molar-refractivity contribution is 7.09. The summed E-state index contributed by atoms with van der Waals surface area (Å²) in [6.07, 6.45) is 1.82. The molecule has 2 N–H and O–H groups in total. The third-order valence-electron chi connectivity index (χ3n) is 2.15. The molecule has 0 aliphatic rings. The van der Waals surface area contributed by atoms with Gasteiger partial charge in [-0.1, -0.05) is 20.8 Å². The van der Waals surface area contributed by atoms with Crippen LogP contribution in [0.1, 0.15) is 33.0 Å². The summed E-state index contributed by atoms with van der Waals surface area (Å²) in [5.41, 5.74) is 0. The number of nitrogens with zero attached hydrogens (tertiary/aromatic N) is 2. The maximum Gasteiger partial charge on any atom is 0.326 e. The minimum atomic E-state index is -0.859. The van der Waals surface area contributed by atoms with Crippen molar-refractivity contribution in [2.24, 2.45) is 5.92 Å². The number of nitrogens with one attached hydrogen (secondary N) is 1. The summed E-state index contributed by atoms with van der Waals surface area (Å²) in [6, 6.07) is -0.609. The molecule has 0 spiro atoms. The molecule has 0 aliphatic carbocycles. The van der Waals surface area contributed by atoms with Crippen LogP contribution in [0.2, 0.25) is 0 Å². The van der Waals surface area contributed by atoms with E-state index >= 15 is 0 Å². The molecule has 5 nitrogen and oxygen atoms in total. The first-order valence-corrected chi connectivity index (χ1v) is 6.13. The quantitative estimate of drug-likeness (QED) is 0.799. The molecule has 16 heavy (non-hydrogen) atoms. The van der Waals surface area contributed by atoms with Crippen LogP contribution in [0.15, 0.2) is 0 Å². The summed E-state index contributed by atoms with van der Waals surface area (Å²) in [7, 11) is 0. The van der Waals surface area contributed by atoms with E-state index < -0.39 is 12.0 Å². The molecular weight excluding hydrogens is 226 g/mol. The van der Waals surface area contributed by atoms with Crippen LogP contribution in [0.3, 0.4) is 0 Å². The Kier molecular flexibility index (Phi) is 4.67. The van der Waals surface area contributed by atoms with Crippen molar-refractivity contribution in [1.29, 1.82) is 0 Å². The number of hydrogen-bond acceptors (Lipinski definition) is 5. The van der Waals surface area contributed by atoms with Gasteiger partial charge in [0.2, 0.25) is 5.13 Å². The predicted molar refractivity (Wildman–Crippen MR) is 63.8 cm³/mol. The second-order valence-electron chi connectivity index (χ2n) is 3.97. The van der Waals surface area contributed by atoms with E-state index in [1.165, 1.54) is 11.5 Å². The maximum absolute atomic E-state index is 11.0. The van der Waals surface area contributed by atoms with E-state index in [1.54, 1.807) is 0 Å². The van der Waals surface area contributed by atoms with Gasteiger partial charge in [0.1, 0.15) is 11.9 Å². The minimum Gasteiger partial charge on any atom is -0.480 e. The molecule has 1 atom stereocenters. The lowest BCUT2D eigenvalue weighted by atomic mass is 10.1. The van der Waals surface area contributed by atoms with E-state index in [-0.39, 0.29) is 5.92 Å². The van der Waals surface area contributed by atoms with Crippen LogP contribution in [-0.4, -0.2) is 26.5 Å². The fourth-order valence-corrected chi connectivity index (χ4v) is 1.93. The fraction of sp³-hybridized carbons (Fsp3) is 0.700. The minimum absolute atomic E-state index is 0.0102. The second-order valence-corrected chi connectivity index (χ2v) is 4.72. The first-order chi connectivity index (χ1) is 7.54. The van der Waals surface area contributed by atoms with Gasteiger partial charge < -0.3 is 10.4 Å². The average Bonchev–Trinajstić information content (AvgIpc) is 2.61. The first-order valence-electron chi connectivity index (χ1n) is 5.36. The predicted octanol–water partition coefficient (Wildman–Crippen LogP) is 2.01. The normalized spacial score (nSPS) is 12.8. The van der Waals surface area contributed by atoms with Gasteiger partial charge in [-0.05, 0) is 12.3 Å². The van der Waals surface area contributed by atoms with Crippen molar-refractivity contribution in [3.8, 4) is 0 Å². The van der Waals surface area contributed by atoms with E-state index in [0.717, 1.165) is 18.7 Å². The summed E-state index contributed by atoms with van der Waals surface area (Å²) in [4.78, 5) is 15.2. The molecule has 0 aromatic carbocycles. The van der Waals surface area contributed by atoms with Crippen LogP contribution >= 0.6 is 11.5 Å². The number of aliphatic carboxylic acids is 1. The Morgan fingerprint density at radius 1 is 1.56 bits per heavy atom. The SMILES string of the molecule is CCCc1nsc(NC(C(=O)O)C(C)C)n1. The molecule has 1 rings (SSSR count). The lowest BCUT2D eigenvalue weighted by molar-refractivity contribution is -0.138. The van der Waals surface area contributed by atoms with Crippen LogP contribution in [0.4, 0.5) is 5.13 Å². The molecule has 1 unspecified atom stereocenters. The molecule has 0 bridgehead atoms. The molecule has 0 amide bonds. The van der Waals surface area contributed by atoms with Crippen molar-refractivity contribution in [3.63, 3.8) is 0 Å². The smallest absolute Gasteiger partial charge is 0.326 e. The first kappa shape index (κ1) is 12.9. The van der Waals surface area contributed by atoms with Crippen LogP contribution in [-0.2, 0) is 11.2 Å². The van der Waals surface area contributed by atoms with Crippen molar-refractivity contribution < 1.29 is 9.90 Å². The Morgan fingerprint density at radius 2 is 2.25 bits per heavy atom. The summed E-state index contributed by atoms with van der Waals surface area (Å²) in [5, 5.41) is 12.5. The van der Waals surface area contributed by atoms with Crippen molar-refractivity contribution in [2.45, 2.75) is 39.7 Å². The standard InChI is InChI=1S/C10H17N3O2S/c1-4-5-7-11-10(16-13-7)12-8(6(2)3)9(14)15/h6,8H,4-5H2,1-3H3,(H,14,15)(H,11,12,13). The van der Waals surface area contributed by atoms with Crippen LogP contribution in [0.25, 0.3) is 0 Å². The van der Waals surface area contributed by atoms with Gasteiger partial charge in [0, 0.05) is 18.0 Å². The molecule has 0 saturated carbocycles. The summed E-state index contributed by atoms with van der Waals surface area (Å²) in [5.74, 6) is -0.0684. The van der Waals surface area contributed by atoms with Gasteiger partial charge >= 0.3 is 5.97 Å². The molecule has 6 heteroatoms. The third kappa shape index (κ3) is 3.44. The van der Waals surface area contributed by atoms with E-state index in [1.807, 2.05) is 13.8 Å². The van der Waals surface area contributed by atoms with E-state index in [4.69, 9.17) is 5.11 Å². The van der Waals surface area contributed by atoms with Gasteiger partial charge in [0.15, 0.2) is 0 Å². The Balaban J connectivity index is 2.66. The van der Waals surface area contributed by atoms with E-state index in [2.05, 4.69) is 21.6 Å². The van der Waals surface area contributed by atoms with Gasteiger partial charge in [-0.15, -0.1) is 0 Å². The Hall–Kier alpha value is -1.17. The number of hydrogen-bond donors (Lipinski definition) is 2. The zero-order valence-corrected chi connectivity index (χ0v) is 10.5. The zero-order chi connectivity index (χ0) is 12.1. The van der Waals surface area contributed by atoms with E-state index in [9.17, 15) is 4.79 Å². The number of aromatic nitrogens is 2. The topological polar surface area (TPSA) is 75.1 Å². The van der Waals surface area contributed by atoms with Gasteiger partial charge in [-0.2, -0.15) is 4.37 Å². The highest BCUT2D eigenvalue weighted by atomic mass is 32.1. The van der Waals surface area contributed by atoms with Gasteiger partial charge in [-0.3, -0.25) is 0 Å². The van der Waals surface area contributed by atoms with Crippen LogP contribution in [0.5, 0.6) is 0 Å². The molecule has 0 fully saturated rings. The monoisotopic (exact) mass is 243 g/mol. The summed E-state index contributed by atoms with van der Waals surface area (Å²) >= 11 is 1.22. The largest absolute Gasteiger partial charge is 0.480 e. The molecule has 1 aromatic heterocycles. The second kappa shape index (κ2) is 5.79. The number of aryl methyl sites for hydroxylation is 1. The molecule has 1 aromatic rings. The number of carboxylic acid groups (broad SMARTS) is 1. The number of rotatable bonds is 6. The zero-order valence-electron chi connectivity index (χ0n) is 9.73. The summed E-state index contributed by atoms with van der Waals surface area (Å²) < 4.78 is 4.15. The molecule has 90 valence electrons. The average molecular weight is 243 g/mol. The van der Waals surface area contributed by atoms with E-state index in [0.29, 0.717) is 5.13 Å². The van der Waals surface area contributed by atoms with Crippen molar-refractivity contribution in [2.75, 3.05) is 5.32 Å². The van der Waals surface area contributed by atoms with Crippen molar-refractivity contribution in [1.82, 2.24) is 9.36 Å². The molecule has 1 heterocycles.